The van der Waals surface area contributed by atoms with Gasteiger partial charge >= 0.3 is 18.1 Å². The standard InChI is InChI=1S/C19H31NO8.C8H17NO2.C3H6O2.2C2H6/c1-10-8-19(4,25-5)7-6-13(21)11(2)17(23)26-9-14-15(28-18(24)27-14)12(3)20-16(10)22;1-6-4-7(9(2)3)5-8(10)11-6;1-3(4)5-2;2*1-2/h10-15,21H,6-9H2,1-5H3,(H,20,22);6-8,10H,4-5H2,1-3H3;1-2H3;2*1-2H3/t10-,11?,12?,13+,14?,15?,19+;6?,7-,8?;;;/m10.../s1. The first-order valence-corrected chi connectivity index (χ1v) is 17.0. The van der Waals surface area contributed by atoms with Crippen LogP contribution in [0.4, 0.5) is 4.79 Å². The van der Waals surface area contributed by atoms with Crippen LogP contribution in [0.25, 0.3) is 0 Å². The van der Waals surface area contributed by atoms with Crippen LogP contribution in [0.15, 0.2) is 0 Å². The van der Waals surface area contributed by atoms with Gasteiger partial charge in [0, 0.05) is 32.4 Å². The van der Waals surface area contributed by atoms with Gasteiger partial charge in [-0.3, -0.25) is 14.4 Å². The second-order valence-corrected chi connectivity index (χ2v) is 12.3. The van der Waals surface area contributed by atoms with Crippen LogP contribution in [0.1, 0.15) is 101 Å². The second-order valence-electron chi connectivity index (χ2n) is 12.3. The Balaban J connectivity index is 0. The average Bonchev–Trinajstić information content (AvgIpc) is 3.43. The number of nitrogens with one attached hydrogen (secondary N) is 1. The highest BCUT2D eigenvalue weighted by molar-refractivity contribution is 5.79. The number of carbonyl (C=O) groups is 4. The first kappa shape index (κ1) is 47.6. The minimum Gasteiger partial charge on any atom is -0.469 e. The molecule has 0 aromatic carbocycles. The molecule has 3 fully saturated rings. The molecule has 284 valence electrons. The van der Waals surface area contributed by atoms with Crippen molar-refractivity contribution in [1.29, 1.82) is 0 Å². The fraction of sp³-hybridized carbons (Fsp3) is 0.882. The van der Waals surface area contributed by atoms with Crippen LogP contribution in [0.5, 0.6) is 0 Å². The molecular formula is C34H66N2O12. The van der Waals surface area contributed by atoms with Crippen molar-refractivity contribution in [2.75, 3.05) is 34.9 Å². The zero-order valence-electron chi connectivity index (χ0n) is 31.9. The Labute approximate surface area is 288 Å². The minimum absolute atomic E-state index is 0.186. The van der Waals surface area contributed by atoms with E-state index in [0.717, 1.165) is 12.8 Å². The monoisotopic (exact) mass is 694 g/mol. The number of amides is 1. The van der Waals surface area contributed by atoms with Crippen LogP contribution in [0, 0.1) is 11.8 Å². The van der Waals surface area contributed by atoms with Crippen molar-refractivity contribution in [3.63, 3.8) is 0 Å². The van der Waals surface area contributed by atoms with Crippen molar-refractivity contribution in [1.82, 2.24) is 10.2 Å². The first-order chi connectivity index (χ1) is 22.4. The summed E-state index contributed by atoms with van der Waals surface area (Å²) in [5, 5.41) is 22.5. The van der Waals surface area contributed by atoms with E-state index in [1.165, 1.54) is 14.0 Å². The number of cyclic esters (lactones) is 1. The quantitative estimate of drug-likeness (QED) is 0.281. The van der Waals surface area contributed by atoms with Gasteiger partial charge in [0.2, 0.25) is 5.91 Å². The molecule has 3 saturated heterocycles. The summed E-state index contributed by atoms with van der Waals surface area (Å²) in [5.41, 5.74) is -0.643. The first-order valence-electron chi connectivity index (χ1n) is 17.0. The van der Waals surface area contributed by atoms with E-state index in [9.17, 15) is 29.4 Å². The summed E-state index contributed by atoms with van der Waals surface area (Å²) < 4.78 is 30.4. The normalized spacial score (nSPS) is 33.9. The molecule has 0 bridgehead atoms. The maximum atomic E-state index is 12.6. The molecule has 3 aliphatic rings. The number of rotatable bonds is 2. The number of methoxy groups -OCH3 is 2. The lowest BCUT2D eigenvalue weighted by molar-refractivity contribution is -0.172. The van der Waals surface area contributed by atoms with E-state index in [0.29, 0.717) is 25.3 Å². The summed E-state index contributed by atoms with van der Waals surface area (Å²) in [6.45, 7) is 18.1. The number of ether oxygens (including phenoxy) is 6. The Kier molecular flexibility index (Phi) is 24.4. The highest BCUT2D eigenvalue weighted by atomic mass is 16.8. The van der Waals surface area contributed by atoms with Gasteiger partial charge in [0.15, 0.2) is 18.5 Å². The molecule has 3 heterocycles. The van der Waals surface area contributed by atoms with Crippen LogP contribution >= 0.6 is 0 Å². The molecule has 1 amide bonds. The molecule has 0 radical (unpaired) electrons. The van der Waals surface area contributed by atoms with Gasteiger partial charge in [-0.1, -0.05) is 34.6 Å². The lowest BCUT2D eigenvalue weighted by Gasteiger charge is -2.34. The second kappa shape index (κ2) is 24.6. The maximum absolute atomic E-state index is 12.6. The zero-order chi connectivity index (χ0) is 37.8. The summed E-state index contributed by atoms with van der Waals surface area (Å²) in [4.78, 5) is 48.2. The van der Waals surface area contributed by atoms with Gasteiger partial charge in [-0.25, -0.2) is 4.79 Å². The maximum Gasteiger partial charge on any atom is 0.509 e. The third-order valence-corrected chi connectivity index (χ3v) is 8.18. The van der Waals surface area contributed by atoms with E-state index in [1.807, 2.05) is 55.6 Å². The molecule has 0 spiro atoms. The molecule has 6 unspecified atom stereocenters. The van der Waals surface area contributed by atoms with Crippen LogP contribution < -0.4 is 5.32 Å². The lowest BCUT2D eigenvalue weighted by atomic mass is 9.86. The number of nitrogens with zero attached hydrogens (tertiary/aromatic N) is 1. The van der Waals surface area contributed by atoms with Crippen molar-refractivity contribution in [3.05, 3.63) is 0 Å². The molecule has 14 nitrogen and oxygen atoms in total. The minimum atomic E-state index is -0.923. The fourth-order valence-electron chi connectivity index (χ4n) is 5.10. The van der Waals surface area contributed by atoms with E-state index in [-0.39, 0.29) is 30.5 Å². The van der Waals surface area contributed by atoms with Crippen molar-refractivity contribution >= 4 is 24.0 Å². The smallest absolute Gasteiger partial charge is 0.469 e. The average molecular weight is 695 g/mol. The Morgan fingerprint density at radius 2 is 1.54 bits per heavy atom. The van der Waals surface area contributed by atoms with Gasteiger partial charge in [0.1, 0.15) is 6.61 Å². The third-order valence-electron chi connectivity index (χ3n) is 8.18. The Hall–Kier alpha value is -2.52. The number of aliphatic hydroxyl groups excluding tert-OH is 2. The molecule has 0 saturated carbocycles. The van der Waals surface area contributed by atoms with E-state index < -0.39 is 54.3 Å². The molecule has 48 heavy (non-hydrogen) atoms. The van der Waals surface area contributed by atoms with Gasteiger partial charge < -0.3 is 48.9 Å². The van der Waals surface area contributed by atoms with Crippen LogP contribution in [0.2, 0.25) is 0 Å². The van der Waals surface area contributed by atoms with Gasteiger partial charge in [-0.2, -0.15) is 0 Å². The lowest BCUT2D eigenvalue weighted by Crippen LogP contribution is -2.49. The molecule has 14 heteroatoms. The van der Waals surface area contributed by atoms with Gasteiger partial charge in [0.05, 0.1) is 36.9 Å². The third kappa shape index (κ3) is 17.8. The summed E-state index contributed by atoms with van der Waals surface area (Å²) in [6.07, 6.45) is -0.820. The Morgan fingerprint density at radius 3 is 2.02 bits per heavy atom. The predicted octanol–water partition coefficient (Wildman–Crippen LogP) is 3.83. The highest BCUT2D eigenvalue weighted by Crippen LogP contribution is 2.29. The number of aliphatic hydroxyl groups is 2. The fourth-order valence-corrected chi connectivity index (χ4v) is 5.10. The number of hydrogen-bond donors (Lipinski definition) is 3. The molecule has 3 aliphatic heterocycles. The molecule has 10 atom stereocenters. The van der Waals surface area contributed by atoms with Crippen molar-refractivity contribution in [2.24, 2.45) is 11.8 Å². The largest absolute Gasteiger partial charge is 0.509 e. The molecule has 0 aromatic rings. The van der Waals surface area contributed by atoms with E-state index in [2.05, 4.69) is 15.0 Å². The van der Waals surface area contributed by atoms with E-state index in [1.54, 1.807) is 27.9 Å². The highest BCUT2D eigenvalue weighted by Gasteiger charge is 2.43. The summed E-state index contributed by atoms with van der Waals surface area (Å²) in [7, 11) is 6.98. The van der Waals surface area contributed by atoms with Crippen molar-refractivity contribution in [3.8, 4) is 0 Å². The van der Waals surface area contributed by atoms with Crippen LogP contribution in [-0.4, -0.2) is 122 Å². The SMILES string of the molecule is CC.CC.CC1C[C@H](N(C)C)CC(O)O1.COC(C)=O.CO[C@@]1(C)CC[C@H](O)C(C)C(=O)OCC2OC(=O)OC2C(C)NC(=O)[C@H](C)C1. The predicted molar refractivity (Wildman–Crippen MR) is 181 cm³/mol. The van der Waals surface area contributed by atoms with E-state index in [4.69, 9.17) is 23.7 Å². The van der Waals surface area contributed by atoms with Crippen molar-refractivity contribution < 1.29 is 57.8 Å². The number of hydrogen-bond acceptors (Lipinski definition) is 13. The topological polar surface area (TPSA) is 179 Å². The van der Waals surface area contributed by atoms with Crippen LogP contribution in [-0.2, 0) is 42.8 Å². The van der Waals surface area contributed by atoms with Gasteiger partial charge in [-0.15, -0.1) is 0 Å². The molecule has 0 aliphatic carbocycles. The number of carbonyl (C=O) groups excluding carboxylic acids is 4. The molecule has 3 rings (SSSR count). The van der Waals surface area contributed by atoms with Gasteiger partial charge in [0.25, 0.3) is 0 Å². The summed E-state index contributed by atoms with van der Waals surface area (Å²) >= 11 is 0. The molecule has 0 aromatic heterocycles. The zero-order valence-corrected chi connectivity index (χ0v) is 31.9. The summed E-state index contributed by atoms with van der Waals surface area (Å²) in [5.74, 6) is -2.17. The molecule has 3 N–H and O–H groups in total. The number of esters is 2. The van der Waals surface area contributed by atoms with Crippen LogP contribution in [0.3, 0.4) is 0 Å². The Morgan fingerprint density at radius 1 is 0.979 bits per heavy atom. The van der Waals surface area contributed by atoms with Gasteiger partial charge in [-0.05, 0) is 67.5 Å². The van der Waals surface area contributed by atoms with E-state index >= 15 is 0 Å². The number of fused-ring (bicyclic) bond motifs is 1. The van der Waals surface area contributed by atoms with Crippen molar-refractivity contribution in [2.45, 2.75) is 150 Å². The Bertz CT molecular complexity index is 926. The summed E-state index contributed by atoms with van der Waals surface area (Å²) in [6, 6.07) is -0.0687. The molecular weight excluding hydrogens is 628 g/mol.